The summed E-state index contributed by atoms with van der Waals surface area (Å²) < 4.78 is 0. The molecule has 2 aromatic rings. The monoisotopic (exact) mass is 281 g/mol. The van der Waals surface area contributed by atoms with Gasteiger partial charge in [-0.05, 0) is 66.3 Å². The Balaban J connectivity index is 1.82. The fourth-order valence-corrected chi connectivity index (χ4v) is 3.88. The lowest BCUT2D eigenvalue weighted by Crippen LogP contribution is -2.29. The molecule has 21 heavy (non-hydrogen) atoms. The number of hydrogen-bond donors (Lipinski definition) is 3. The van der Waals surface area contributed by atoms with Crippen LogP contribution in [0.5, 0.6) is 11.5 Å². The van der Waals surface area contributed by atoms with Crippen LogP contribution in [-0.2, 0) is 19.3 Å². The Labute approximate surface area is 122 Å². The lowest BCUT2D eigenvalue weighted by Gasteiger charge is -2.22. The van der Waals surface area contributed by atoms with E-state index in [0.29, 0.717) is 5.71 Å². The maximum Gasteiger partial charge on any atom is 0.115 e. The zero-order valence-corrected chi connectivity index (χ0v) is 11.4. The highest BCUT2D eigenvalue weighted by atomic mass is 16.4. The third kappa shape index (κ3) is 1.65. The van der Waals surface area contributed by atoms with E-state index in [1.807, 2.05) is 12.1 Å². The average molecular weight is 281 g/mol. The van der Waals surface area contributed by atoms with Crippen LogP contribution in [0, 0.1) is 5.41 Å². The van der Waals surface area contributed by atoms with Crippen LogP contribution in [0.1, 0.15) is 22.3 Å². The average Bonchev–Trinajstić information content (AvgIpc) is 2.94. The maximum absolute atomic E-state index is 9.66. The molecule has 1 spiro atoms. The van der Waals surface area contributed by atoms with Crippen LogP contribution in [0.4, 0.5) is 0 Å². The van der Waals surface area contributed by atoms with Crippen LogP contribution in [0.25, 0.3) is 0 Å². The Kier molecular flexibility index (Phi) is 2.34. The van der Waals surface area contributed by atoms with Gasteiger partial charge < -0.3 is 15.4 Å². The van der Waals surface area contributed by atoms with E-state index in [4.69, 9.17) is 0 Å². The highest BCUT2D eigenvalue weighted by Gasteiger charge is 2.47. The van der Waals surface area contributed by atoms with Crippen molar-refractivity contribution < 1.29 is 15.4 Å². The number of aromatic hydroxyl groups is 2. The van der Waals surface area contributed by atoms with Crippen LogP contribution in [0.2, 0.25) is 0 Å². The molecule has 0 aromatic heterocycles. The summed E-state index contributed by atoms with van der Waals surface area (Å²) in [5.74, 6) is 0.498. The summed E-state index contributed by atoms with van der Waals surface area (Å²) in [5.41, 5.74) is 4.64. The van der Waals surface area contributed by atoms with Gasteiger partial charge in [0.2, 0.25) is 0 Å². The van der Waals surface area contributed by atoms with Crippen LogP contribution in [0.3, 0.4) is 0 Å². The van der Waals surface area contributed by atoms with Crippen LogP contribution < -0.4 is 0 Å². The predicted octanol–water partition coefficient (Wildman–Crippen LogP) is 2.62. The van der Waals surface area contributed by atoms with Gasteiger partial charge in [-0.25, -0.2) is 0 Å². The first kappa shape index (κ1) is 12.3. The van der Waals surface area contributed by atoms with Crippen molar-refractivity contribution in [3.8, 4) is 11.5 Å². The summed E-state index contributed by atoms with van der Waals surface area (Å²) in [5, 5.41) is 32.4. The van der Waals surface area contributed by atoms with Crippen LogP contribution in [-0.4, -0.2) is 21.1 Å². The van der Waals surface area contributed by atoms with Gasteiger partial charge in [0.05, 0.1) is 5.71 Å². The van der Waals surface area contributed by atoms with E-state index in [1.54, 1.807) is 24.3 Å². The number of oxime groups is 1. The quantitative estimate of drug-likeness (QED) is 0.513. The second-order valence-corrected chi connectivity index (χ2v) is 6.05. The summed E-state index contributed by atoms with van der Waals surface area (Å²) in [4.78, 5) is 0. The van der Waals surface area contributed by atoms with E-state index in [1.165, 1.54) is 5.56 Å². The molecule has 4 heteroatoms. The summed E-state index contributed by atoms with van der Waals surface area (Å²) in [6.45, 7) is 0. The van der Waals surface area contributed by atoms with Crippen molar-refractivity contribution in [1.29, 1.82) is 0 Å². The Morgan fingerprint density at radius 1 is 0.810 bits per heavy atom. The number of hydrogen-bond acceptors (Lipinski definition) is 4. The van der Waals surface area contributed by atoms with Gasteiger partial charge in [-0.15, -0.1) is 0 Å². The number of phenolic OH excluding ortho intramolecular Hbond substituents is 2. The molecule has 0 amide bonds. The second-order valence-electron chi connectivity index (χ2n) is 6.05. The number of benzene rings is 2. The van der Waals surface area contributed by atoms with Crippen LogP contribution in [0.15, 0.2) is 41.6 Å². The van der Waals surface area contributed by atoms with Gasteiger partial charge in [-0.2, -0.15) is 0 Å². The molecule has 4 rings (SSSR count). The van der Waals surface area contributed by atoms with Gasteiger partial charge in [0.15, 0.2) is 0 Å². The van der Waals surface area contributed by atoms with E-state index in [0.717, 1.165) is 36.0 Å². The molecule has 0 saturated heterocycles. The van der Waals surface area contributed by atoms with E-state index in [9.17, 15) is 15.4 Å². The molecule has 2 aliphatic rings. The molecule has 106 valence electrons. The van der Waals surface area contributed by atoms with Gasteiger partial charge >= 0.3 is 0 Å². The molecule has 0 bridgehead atoms. The zero-order chi connectivity index (χ0) is 14.6. The van der Waals surface area contributed by atoms with Crippen molar-refractivity contribution in [3.63, 3.8) is 0 Å². The van der Waals surface area contributed by atoms with E-state index in [-0.39, 0.29) is 16.9 Å². The third-order valence-corrected chi connectivity index (χ3v) is 4.72. The number of fused-ring (bicyclic) bond motifs is 2. The molecule has 1 atom stereocenters. The first-order valence-corrected chi connectivity index (χ1v) is 6.97. The van der Waals surface area contributed by atoms with Gasteiger partial charge in [-0.3, -0.25) is 0 Å². The topological polar surface area (TPSA) is 73.1 Å². The molecule has 0 fully saturated rings. The minimum absolute atomic E-state index is 0.233. The molecule has 0 heterocycles. The molecular weight excluding hydrogens is 266 g/mol. The smallest absolute Gasteiger partial charge is 0.115 e. The normalized spacial score (nSPS) is 24.5. The van der Waals surface area contributed by atoms with E-state index < -0.39 is 0 Å². The Hall–Kier alpha value is -2.49. The molecule has 4 nitrogen and oxygen atoms in total. The zero-order valence-electron chi connectivity index (χ0n) is 11.4. The van der Waals surface area contributed by atoms with Crippen molar-refractivity contribution in [2.24, 2.45) is 10.6 Å². The molecule has 2 aliphatic carbocycles. The Morgan fingerprint density at radius 2 is 1.43 bits per heavy atom. The molecule has 0 aliphatic heterocycles. The Morgan fingerprint density at radius 3 is 2.19 bits per heavy atom. The highest BCUT2D eigenvalue weighted by molar-refractivity contribution is 6.09. The van der Waals surface area contributed by atoms with Gasteiger partial charge in [0.1, 0.15) is 11.5 Å². The SMILES string of the molecule is O/N=C1\c2ccc(O)cc2CC12Cc1ccc(O)cc1C2. The van der Waals surface area contributed by atoms with E-state index in [2.05, 4.69) is 5.16 Å². The fraction of sp³-hybridized carbons (Fsp3) is 0.235. The number of phenols is 2. The molecular formula is C17H15NO3. The van der Waals surface area contributed by atoms with Crippen molar-refractivity contribution in [3.05, 3.63) is 58.7 Å². The molecule has 1 unspecified atom stereocenters. The van der Waals surface area contributed by atoms with Crippen molar-refractivity contribution >= 4 is 5.71 Å². The van der Waals surface area contributed by atoms with Gasteiger partial charge in [-0.1, -0.05) is 11.2 Å². The van der Waals surface area contributed by atoms with Crippen LogP contribution >= 0.6 is 0 Å². The lowest BCUT2D eigenvalue weighted by molar-refractivity contribution is 0.307. The van der Waals surface area contributed by atoms with E-state index >= 15 is 0 Å². The molecule has 3 N–H and O–H groups in total. The fourth-order valence-electron chi connectivity index (χ4n) is 3.88. The van der Waals surface area contributed by atoms with Gasteiger partial charge in [0, 0.05) is 11.0 Å². The number of nitrogens with zero attached hydrogens (tertiary/aromatic N) is 1. The first-order chi connectivity index (χ1) is 10.1. The lowest BCUT2D eigenvalue weighted by atomic mass is 9.80. The predicted molar refractivity (Wildman–Crippen MR) is 78.1 cm³/mol. The maximum atomic E-state index is 9.66. The van der Waals surface area contributed by atoms with Crippen molar-refractivity contribution in [2.45, 2.75) is 19.3 Å². The summed E-state index contributed by atoms with van der Waals surface area (Å²) >= 11 is 0. The summed E-state index contributed by atoms with van der Waals surface area (Å²) in [7, 11) is 0. The van der Waals surface area contributed by atoms with Crippen molar-refractivity contribution in [2.75, 3.05) is 0 Å². The standard InChI is InChI=1S/C17H15NO3/c19-13-2-1-10-7-17(8-11(10)5-13)9-12-6-14(20)3-4-15(12)16(17)18-21/h1-6,19-21H,7-9H2/b18-16+. The first-order valence-electron chi connectivity index (χ1n) is 6.97. The Bertz CT molecular complexity index is 778. The highest BCUT2D eigenvalue weighted by Crippen LogP contribution is 2.48. The minimum atomic E-state index is -0.263. The number of rotatable bonds is 0. The van der Waals surface area contributed by atoms with Gasteiger partial charge in [0.25, 0.3) is 0 Å². The molecule has 0 saturated carbocycles. The molecule has 0 radical (unpaired) electrons. The molecule has 2 aromatic carbocycles. The minimum Gasteiger partial charge on any atom is -0.508 e. The van der Waals surface area contributed by atoms with Crippen molar-refractivity contribution in [1.82, 2.24) is 0 Å². The second kappa shape index (κ2) is 4.01. The summed E-state index contributed by atoms with van der Waals surface area (Å²) in [6, 6.07) is 10.6. The third-order valence-electron chi connectivity index (χ3n) is 4.72. The summed E-state index contributed by atoms with van der Waals surface area (Å²) in [6.07, 6.45) is 2.27. The largest absolute Gasteiger partial charge is 0.508 e.